The van der Waals surface area contributed by atoms with Crippen LogP contribution in [-0.2, 0) is 4.79 Å². The lowest BCUT2D eigenvalue weighted by Gasteiger charge is -2.39. The number of benzene rings is 1. The molecule has 0 spiro atoms. The average molecular weight is 405 g/mol. The van der Waals surface area contributed by atoms with Crippen LogP contribution in [0, 0.1) is 11.2 Å². The van der Waals surface area contributed by atoms with Crippen LogP contribution < -0.4 is 15.1 Å². The zero-order chi connectivity index (χ0) is 20.3. The first-order valence-corrected chi connectivity index (χ1v) is 10.8. The van der Waals surface area contributed by atoms with Gasteiger partial charge in [0.1, 0.15) is 11.9 Å². The molecule has 152 valence electrons. The lowest BCUT2D eigenvalue weighted by Crippen LogP contribution is -3.16. The largest absolute Gasteiger partial charge is 0.358 e. The van der Waals surface area contributed by atoms with E-state index in [2.05, 4.69) is 34.7 Å². The molecule has 6 heteroatoms. The first-order chi connectivity index (χ1) is 13.3. The zero-order valence-corrected chi connectivity index (χ0v) is 18.0. The fraction of sp³-hybridized carbons (Fsp3) is 0.500. The fourth-order valence-electron chi connectivity index (χ4n) is 3.83. The molecule has 2 N–H and O–H groups in total. The summed E-state index contributed by atoms with van der Waals surface area (Å²) in [6, 6.07) is 11.4. The Hall–Kier alpha value is -1.92. The van der Waals surface area contributed by atoms with Gasteiger partial charge in [0.05, 0.1) is 42.8 Å². The number of carbonyl (C=O) groups is 1. The molecular formula is C22H31FN3OS+. The number of rotatable bonds is 5. The lowest BCUT2D eigenvalue weighted by atomic mass is 9.94. The van der Waals surface area contributed by atoms with E-state index in [-0.39, 0.29) is 23.8 Å². The highest BCUT2D eigenvalue weighted by atomic mass is 32.1. The minimum atomic E-state index is -0.410. The number of para-hydroxylation sites is 1. The van der Waals surface area contributed by atoms with E-state index >= 15 is 0 Å². The van der Waals surface area contributed by atoms with Gasteiger partial charge in [0.25, 0.3) is 0 Å². The van der Waals surface area contributed by atoms with E-state index in [1.807, 2.05) is 32.9 Å². The molecule has 0 radical (unpaired) electrons. The van der Waals surface area contributed by atoms with E-state index in [0.717, 1.165) is 26.2 Å². The van der Waals surface area contributed by atoms with Gasteiger partial charge < -0.3 is 15.1 Å². The summed E-state index contributed by atoms with van der Waals surface area (Å²) in [6.07, 6.45) is 0. The Labute approximate surface area is 171 Å². The number of halogens is 1. The van der Waals surface area contributed by atoms with E-state index in [1.54, 1.807) is 17.4 Å². The van der Waals surface area contributed by atoms with Gasteiger partial charge in [-0.15, -0.1) is 11.3 Å². The lowest BCUT2D eigenvalue weighted by molar-refractivity contribution is -0.933. The summed E-state index contributed by atoms with van der Waals surface area (Å²) in [6.45, 7) is 11.3. The summed E-state index contributed by atoms with van der Waals surface area (Å²) >= 11 is 1.74. The number of thiophene rings is 1. The van der Waals surface area contributed by atoms with E-state index in [4.69, 9.17) is 0 Å². The van der Waals surface area contributed by atoms with Gasteiger partial charge in [-0.05, 0) is 30.5 Å². The molecule has 1 aromatic carbocycles. The first-order valence-electron chi connectivity index (χ1n) is 9.96. The van der Waals surface area contributed by atoms with Crippen molar-refractivity contribution in [3.8, 4) is 0 Å². The molecular weight excluding hydrogens is 373 g/mol. The molecule has 1 fully saturated rings. The third kappa shape index (κ3) is 4.73. The number of quaternary nitrogens is 1. The van der Waals surface area contributed by atoms with Gasteiger partial charge in [-0.25, -0.2) is 4.39 Å². The Morgan fingerprint density at radius 2 is 1.86 bits per heavy atom. The van der Waals surface area contributed by atoms with Gasteiger partial charge in [0.15, 0.2) is 0 Å². The van der Waals surface area contributed by atoms with Crippen molar-refractivity contribution >= 4 is 22.9 Å². The Bertz CT molecular complexity index is 779. The van der Waals surface area contributed by atoms with Crippen LogP contribution in [-0.4, -0.2) is 38.1 Å². The molecule has 2 atom stereocenters. The van der Waals surface area contributed by atoms with Crippen molar-refractivity contribution in [2.24, 2.45) is 5.41 Å². The topological polar surface area (TPSA) is 36.8 Å². The molecule has 3 rings (SSSR count). The minimum Gasteiger partial charge on any atom is -0.358 e. The Balaban J connectivity index is 1.72. The number of nitrogens with zero attached hydrogens (tertiary/aromatic N) is 1. The maximum Gasteiger partial charge on any atom is 0.225 e. The van der Waals surface area contributed by atoms with Crippen molar-refractivity contribution in [1.82, 2.24) is 5.32 Å². The van der Waals surface area contributed by atoms with Gasteiger partial charge in [-0.2, -0.15) is 0 Å². The monoisotopic (exact) mass is 404 g/mol. The Kier molecular flexibility index (Phi) is 6.40. The molecule has 0 unspecified atom stereocenters. The standard InChI is InChI=1S/C22H30FN3OS/c1-16(24-21(27)22(2,3)4)20(19-10-7-15-28-19)26-13-11-25(12-14-26)18-9-6-5-8-17(18)23/h5-10,15-16,20H,11-14H2,1-4H3,(H,24,27)/p+1/t16-,20+/m0/s1. The van der Waals surface area contributed by atoms with Gasteiger partial charge >= 0.3 is 0 Å². The number of anilines is 1. The predicted molar refractivity (Wildman–Crippen MR) is 113 cm³/mol. The Morgan fingerprint density at radius 1 is 1.18 bits per heavy atom. The highest BCUT2D eigenvalue weighted by molar-refractivity contribution is 7.10. The second-order valence-electron chi connectivity index (χ2n) is 8.60. The SMILES string of the molecule is C[C@H](NC(=O)C(C)(C)C)[C@H](c1cccs1)[NH+]1CCN(c2ccccc2F)CC1. The summed E-state index contributed by atoms with van der Waals surface area (Å²) in [5.74, 6) is -0.0856. The maximum atomic E-state index is 14.1. The van der Waals surface area contributed by atoms with Crippen molar-refractivity contribution < 1.29 is 14.1 Å². The summed E-state index contributed by atoms with van der Waals surface area (Å²) in [5, 5.41) is 5.32. The molecule has 1 aliphatic heterocycles. The highest BCUT2D eigenvalue weighted by Crippen LogP contribution is 2.23. The van der Waals surface area contributed by atoms with Crippen LogP contribution in [0.3, 0.4) is 0 Å². The van der Waals surface area contributed by atoms with Crippen LogP contribution in [0.1, 0.15) is 38.6 Å². The van der Waals surface area contributed by atoms with E-state index in [1.165, 1.54) is 15.8 Å². The zero-order valence-electron chi connectivity index (χ0n) is 17.2. The summed E-state index contributed by atoms with van der Waals surface area (Å²) in [7, 11) is 0. The molecule has 1 amide bonds. The van der Waals surface area contributed by atoms with Crippen molar-refractivity contribution in [1.29, 1.82) is 0 Å². The first kappa shape index (κ1) is 20.8. The van der Waals surface area contributed by atoms with E-state index < -0.39 is 5.41 Å². The molecule has 0 saturated carbocycles. The third-order valence-corrected chi connectivity index (χ3v) is 6.38. The van der Waals surface area contributed by atoms with Gasteiger partial charge in [-0.1, -0.05) is 39.0 Å². The molecule has 2 aromatic rings. The number of piperazine rings is 1. The summed E-state index contributed by atoms with van der Waals surface area (Å²) < 4.78 is 14.1. The molecule has 2 heterocycles. The average Bonchev–Trinajstić information content (AvgIpc) is 3.16. The smallest absolute Gasteiger partial charge is 0.225 e. The van der Waals surface area contributed by atoms with Crippen LogP contribution in [0.25, 0.3) is 0 Å². The minimum absolute atomic E-state index is 0.0281. The highest BCUT2D eigenvalue weighted by Gasteiger charge is 2.36. The van der Waals surface area contributed by atoms with Crippen molar-refractivity contribution in [2.75, 3.05) is 31.1 Å². The summed E-state index contributed by atoms with van der Waals surface area (Å²) in [4.78, 5) is 17.4. The van der Waals surface area contributed by atoms with Crippen LogP contribution >= 0.6 is 11.3 Å². The van der Waals surface area contributed by atoms with Crippen molar-refractivity contribution in [2.45, 2.75) is 39.8 Å². The predicted octanol–water partition coefficient (Wildman–Crippen LogP) is 2.88. The number of amides is 1. The van der Waals surface area contributed by atoms with Crippen LogP contribution in [0.15, 0.2) is 41.8 Å². The molecule has 1 saturated heterocycles. The van der Waals surface area contributed by atoms with Crippen molar-refractivity contribution in [3.63, 3.8) is 0 Å². The second-order valence-corrected chi connectivity index (χ2v) is 9.58. The van der Waals surface area contributed by atoms with E-state index in [0.29, 0.717) is 5.69 Å². The van der Waals surface area contributed by atoms with Gasteiger partial charge in [0, 0.05) is 5.41 Å². The maximum absolute atomic E-state index is 14.1. The van der Waals surface area contributed by atoms with Crippen molar-refractivity contribution in [3.05, 3.63) is 52.5 Å². The molecule has 4 nitrogen and oxygen atoms in total. The third-order valence-electron chi connectivity index (χ3n) is 5.43. The quantitative estimate of drug-likeness (QED) is 0.804. The Morgan fingerprint density at radius 3 is 2.43 bits per heavy atom. The molecule has 1 aliphatic rings. The normalized spacial score (nSPS) is 18.0. The fourth-order valence-corrected chi connectivity index (χ4v) is 4.82. The molecule has 1 aromatic heterocycles. The van der Waals surface area contributed by atoms with Gasteiger partial charge in [-0.3, -0.25) is 4.79 Å². The number of carbonyl (C=O) groups excluding carboxylic acids is 1. The number of hydrogen-bond acceptors (Lipinski definition) is 3. The molecule has 28 heavy (non-hydrogen) atoms. The van der Waals surface area contributed by atoms with Crippen LogP contribution in [0.2, 0.25) is 0 Å². The number of nitrogens with one attached hydrogen (secondary N) is 2. The van der Waals surface area contributed by atoms with Crippen LogP contribution in [0.5, 0.6) is 0 Å². The van der Waals surface area contributed by atoms with E-state index in [9.17, 15) is 9.18 Å². The summed E-state index contributed by atoms with van der Waals surface area (Å²) in [5.41, 5.74) is 0.274. The molecule has 0 bridgehead atoms. The van der Waals surface area contributed by atoms with Crippen LogP contribution in [0.4, 0.5) is 10.1 Å². The second kappa shape index (κ2) is 8.62. The molecule has 0 aliphatic carbocycles. The number of hydrogen-bond donors (Lipinski definition) is 2. The van der Waals surface area contributed by atoms with Gasteiger partial charge in [0.2, 0.25) is 5.91 Å².